The van der Waals surface area contributed by atoms with E-state index in [1.807, 2.05) is 69.6 Å². The van der Waals surface area contributed by atoms with Crippen molar-refractivity contribution < 1.29 is 21.3 Å². The van der Waals surface area contributed by atoms with Crippen molar-refractivity contribution in [1.82, 2.24) is 0 Å². The molecule has 5 nitrogen and oxygen atoms in total. The Morgan fingerprint density at radius 1 is 0.667 bits per heavy atom. The average molecular weight is 361 g/mol. The molecule has 1 heterocycles. The fourth-order valence-corrected chi connectivity index (χ4v) is 21.2. The van der Waals surface area contributed by atoms with E-state index in [0.29, 0.717) is 5.19 Å². The Hall–Kier alpha value is -0.112. The molecule has 0 aliphatic carbocycles. The van der Waals surface area contributed by atoms with Crippen LogP contribution in [-0.2, 0) is 16.5 Å². The molecular weight excluding hydrogens is 336 g/mol. The van der Waals surface area contributed by atoms with Crippen molar-refractivity contribution in [3.63, 3.8) is 0 Å². The first-order valence-corrected chi connectivity index (χ1v) is 17.2. The van der Waals surface area contributed by atoms with Crippen LogP contribution in [0.3, 0.4) is 0 Å². The van der Waals surface area contributed by atoms with Crippen LogP contribution in [0.15, 0.2) is 30.3 Å². The summed E-state index contributed by atoms with van der Waals surface area (Å²) in [5.41, 5.74) is 0. The molecule has 0 amide bonds. The molecule has 0 saturated carbocycles. The third-order valence-corrected chi connectivity index (χ3v) is 18.0. The molecule has 0 radical (unpaired) electrons. The Bertz CT molecular complexity index is 484. The van der Waals surface area contributed by atoms with E-state index in [9.17, 15) is 4.80 Å². The van der Waals surface area contributed by atoms with Crippen molar-refractivity contribution in [2.45, 2.75) is 39.3 Å². The van der Waals surface area contributed by atoms with Crippen LogP contribution in [-0.4, -0.2) is 39.3 Å². The predicted octanol–water partition coefficient (Wildman–Crippen LogP) is 2.01. The van der Waals surface area contributed by atoms with E-state index in [0.717, 1.165) is 0 Å². The normalized spacial score (nSPS) is 26.6. The predicted molar refractivity (Wildman–Crippen MR) is 90.8 cm³/mol. The lowest BCUT2D eigenvalue weighted by Gasteiger charge is -2.45. The monoisotopic (exact) mass is 360 g/mol. The highest BCUT2D eigenvalue weighted by atomic mass is 28.5. The van der Waals surface area contributed by atoms with E-state index < -0.39 is 34.5 Å². The van der Waals surface area contributed by atoms with Gasteiger partial charge in [0.2, 0.25) is 0 Å². The Morgan fingerprint density at radius 2 is 1.05 bits per heavy atom. The standard InChI is InChI=1S/C12H24O5Si4/c1-18(2)14-19(3,4)16-21(13,17-20(5,6)15-18)12-10-8-7-9-11-12/h7-11,13H,1-6H3. The lowest BCUT2D eigenvalue weighted by atomic mass is 10.4. The summed E-state index contributed by atoms with van der Waals surface area (Å²) in [6.45, 7) is 11.7. The van der Waals surface area contributed by atoms with Crippen molar-refractivity contribution in [3.05, 3.63) is 30.3 Å². The van der Waals surface area contributed by atoms with Gasteiger partial charge in [-0.1, -0.05) is 30.3 Å². The van der Waals surface area contributed by atoms with Crippen molar-refractivity contribution in [1.29, 1.82) is 0 Å². The average Bonchev–Trinajstić information content (AvgIpc) is 2.23. The summed E-state index contributed by atoms with van der Waals surface area (Å²) in [7, 11) is -10.9. The van der Waals surface area contributed by atoms with E-state index in [2.05, 4.69) is 0 Å². The molecule has 9 heteroatoms. The van der Waals surface area contributed by atoms with Gasteiger partial charge in [0.25, 0.3) is 0 Å². The maximum Gasteiger partial charge on any atom is 0.516 e. The molecule has 1 N–H and O–H groups in total. The number of hydrogen-bond donors (Lipinski definition) is 1. The molecule has 0 bridgehead atoms. The molecule has 1 aliphatic heterocycles. The first-order valence-electron chi connectivity index (χ1n) is 7.02. The van der Waals surface area contributed by atoms with Crippen LogP contribution in [0.1, 0.15) is 0 Å². The van der Waals surface area contributed by atoms with Crippen LogP contribution < -0.4 is 5.19 Å². The molecule has 1 aliphatic rings. The van der Waals surface area contributed by atoms with E-state index in [1.54, 1.807) is 0 Å². The van der Waals surface area contributed by atoms with Crippen molar-refractivity contribution in [2.24, 2.45) is 0 Å². The van der Waals surface area contributed by atoms with Crippen LogP contribution in [0.2, 0.25) is 39.3 Å². The fourth-order valence-electron chi connectivity index (χ4n) is 2.70. The smallest absolute Gasteiger partial charge is 0.416 e. The third-order valence-electron chi connectivity index (χ3n) is 2.89. The lowest BCUT2D eigenvalue weighted by molar-refractivity contribution is 0.184. The van der Waals surface area contributed by atoms with Gasteiger partial charge in [-0.15, -0.1) is 0 Å². The van der Waals surface area contributed by atoms with Gasteiger partial charge in [-0.3, -0.25) is 0 Å². The number of rotatable bonds is 1. The zero-order valence-electron chi connectivity index (χ0n) is 13.5. The number of hydrogen-bond acceptors (Lipinski definition) is 5. The van der Waals surface area contributed by atoms with Gasteiger partial charge in [-0.25, -0.2) is 0 Å². The molecule has 0 atom stereocenters. The summed E-state index contributed by atoms with van der Waals surface area (Å²) in [4.78, 5) is 11.1. The summed E-state index contributed by atoms with van der Waals surface area (Å²) >= 11 is 0. The summed E-state index contributed by atoms with van der Waals surface area (Å²) in [5.74, 6) is 0. The molecule has 0 unspecified atom stereocenters. The topological polar surface area (TPSA) is 57.2 Å². The molecule has 1 aromatic rings. The minimum atomic E-state index is -3.53. The largest absolute Gasteiger partial charge is 0.516 e. The van der Waals surface area contributed by atoms with Crippen LogP contribution in [0.5, 0.6) is 0 Å². The molecule has 1 saturated heterocycles. The van der Waals surface area contributed by atoms with Gasteiger partial charge in [0.15, 0.2) is 0 Å². The van der Waals surface area contributed by atoms with Crippen molar-refractivity contribution >= 4 is 39.7 Å². The maximum atomic E-state index is 11.1. The third kappa shape index (κ3) is 4.43. The maximum absolute atomic E-state index is 11.1. The van der Waals surface area contributed by atoms with E-state index >= 15 is 0 Å². The highest BCUT2D eigenvalue weighted by molar-refractivity contribution is 6.94. The van der Waals surface area contributed by atoms with Crippen LogP contribution in [0.4, 0.5) is 0 Å². The minimum absolute atomic E-state index is 0.694. The van der Waals surface area contributed by atoms with Gasteiger partial charge in [0.1, 0.15) is 0 Å². The van der Waals surface area contributed by atoms with Gasteiger partial charge in [-0.2, -0.15) is 0 Å². The van der Waals surface area contributed by atoms with Gasteiger partial charge in [0, 0.05) is 5.19 Å². The summed E-state index contributed by atoms with van der Waals surface area (Å²) in [6, 6.07) is 9.32. The summed E-state index contributed by atoms with van der Waals surface area (Å²) in [5, 5.41) is 0.694. The zero-order valence-corrected chi connectivity index (χ0v) is 17.5. The molecule has 0 spiro atoms. The second-order valence-electron chi connectivity index (χ2n) is 6.56. The van der Waals surface area contributed by atoms with E-state index in [-0.39, 0.29) is 0 Å². The quantitative estimate of drug-likeness (QED) is 0.777. The van der Waals surface area contributed by atoms with E-state index in [1.165, 1.54) is 0 Å². The first-order chi connectivity index (χ1) is 9.43. The zero-order chi connectivity index (χ0) is 15.9. The molecule has 118 valence electrons. The molecular formula is C12H24O5Si4. The summed E-state index contributed by atoms with van der Waals surface area (Å²) < 4.78 is 24.6. The Balaban J connectivity index is 2.42. The lowest BCUT2D eigenvalue weighted by Crippen LogP contribution is -2.70. The highest BCUT2D eigenvalue weighted by Crippen LogP contribution is 2.29. The van der Waals surface area contributed by atoms with E-state index in [4.69, 9.17) is 16.5 Å². The van der Waals surface area contributed by atoms with Crippen molar-refractivity contribution in [2.75, 3.05) is 0 Å². The highest BCUT2D eigenvalue weighted by Gasteiger charge is 2.56. The SMILES string of the molecule is C[Si]1(C)O[Si](C)(C)O[Si](O)(c2ccccc2)O[Si](C)(C)O1. The fraction of sp³-hybridized carbons (Fsp3) is 0.500. The van der Waals surface area contributed by atoms with Crippen LogP contribution >= 0.6 is 0 Å². The Labute approximate surface area is 130 Å². The summed E-state index contributed by atoms with van der Waals surface area (Å²) in [6.07, 6.45) is 0. The Kier molecular flexibility index (Phi) is 4.52. The Morgan fingerprint density at radius 3 is 1.48 bits per heavy atom. The van der Waals surface area contributed by atoms with Crippen LogP contribution in [0.25, 0.3) is 0 Å². The van der Waals surface area contributed by atoms with Crippen molar-refractivity contribution in [3.8, 4) is 0 Å². The molecule has 1 fully saturated rings. The molecule has 1 aromatic carbocycles. The van der Waals surface area contributed by atoms with Gasteiger partial charge >= 0.3 is 34.5 Å². The molecule has 2 rings (SSSR count). The second kappa shape index (κ2) is 5.51. The number of benzene rings is 1. The van der Waals surface area contributed by atoms with Gasteiger partial charge < -0.3 is 21.3 Å². The van der Waals surface area contributed by atoms with Crippen LogP contribution in [0, 0.1) is 0 Å². The van der Waals surface area contributed by atoms with Gasteiger partial charge in [0.05, 0.1) is 0 Å². The van der Waals surface area contributed by atoms with Gasteiger partial charge in [-0.05, 0) is 39.3 Å². The minimum Gasteiger partial charge on any atom is -0.416 e. The first kappa shape index (κ1) is 17.2. The molecule has 21 heavy (non-hydrogen) atoms. The second-order valence-corrected chi connectivity index (χ2v) is 20.0. The molecule has 0 aromatic heterocycles.